The summed E-state index contributed by atoms with van der Waals surface area (Å²) in [6, 6.07) is 11.6. The van der Waals surface area contributed by atoms with E-state index in [4.69, 9.17) is 4.98 Å². The summed E-state index contributed by atoms with van der Waals surface area (Å²) in [6.45, 7) is 8.07. The minimum atomic E-state index is -0.924. The van der Waals surface area contributed by atoms with Gasteiger partial charge in [-0.25, -0.2) is 9.78 Å². The van der Waals surface area contributed by atoms with Crippen molar-refractivity contribution >= 4 is 16.9 Å². The molecule has 0 saturated carbocycles. The van der Waals surface area contributed by atoms with Gasteiger partial charge in [0, 0.05) is 10.9 Å². The fourth-order valence-corrected chi connectivity index (χ4v) is 2.95. The molecule has 1 aromatic heterocycles. The number of carboxylic acids is 1. The zero-order valence-corrected chi connectivity index (χ0v) is 13.8. The molecule has 2 aromatic carbocycles. The minimum Gasteiger partial charge on any atom is -0.478 e. The van der Waals surface area contributed by atoms with Gasteiger partial charge in [0.2, 0.25) is 0 Å². The van der Waals surface area contributed by atoms with Gasteiger partial charge in [-0.15, -0.1) is 0 Å². The lowest BCUT2D eigenvalue weighted by Crippen LogP contribution is -2.02. The number of aromatic carboxylic acids is 1. The predicted octanol–water partition coefficient (Wildman–Crippen LogP) is 4.83. The standard InChI is InChI=1S/C20H19NO2/c1-11-5-7-15(13(3)9-11)18-10-17(20(22)23)16-8-6-12(2)14(4)19(16)21-18/h5-10H,1-4H3,(H,22,23). The van der Waals surface area contributed by atoms with Crippen LogP contribution in [0.3, 0.4) is 0 Å². The van der Waals surface area contributed by atoms with Crippen LogP contribution in [0.15, 0.2) is 36.4 Å². The van der Waals surface area contributed by atoms with E-state index in [1.807, 2.05) is 52.0 Å². The van der Waals surface area contributed by atoms with Crippen LogP contribution < -0.4 is 0 Å². The zero-order chi connectivity index (χ0) is 16.7. The topological polar surface area (TPSA) is 50.2 Å². The predicted molar refractivity (Wildman–Crippen MR) is 93.1 cm³/mol. The highest BCUT2D eigenvalue weighted by molar-refractivity contribution is 6.04. The third kappa shape index (κ3) is 2.59. The van der Waals surface area contributed by atoms with Gasteiger partial charge in [-0.2, -0.15) is 0 Å². The Morgan fingerprint density at radius 2 is 1.70 bits per heavy atom. The number of aryl methyl sites for hydroxylation is 4. The van der Waals surface area contributed by atoms with Crippen LogP contribution in [0.2, 0.25) is 0 Å². The van der Waals surface area contributed by atoms with E-state index in [0.29, 0.717) is 16.6 Å². The summed E-state index contributed by atoms with van der Waals surface area (Å²) in [4.78, 5) is 16.5. The first-order chi connectivity index (χ1) is 10.9. The molecule has 0 bridgehead atoms. The Morgan fingerprint density at radius 3 is 2.35 bits per heavy atom. The molecule has 0 aliphatic carbocycles. The van der Waals surface area contributed by atoms with Crippen molar-refractivity contribution in [2.45, 2.75) is 27.7 Å². The number of hydrogen-bond donors (Lipinski definition) is 1. The highest BCUT2D eigenvalue weighted by Crippen LogP contribution is 2.30. The lowest BCUT2D eigenvalue weighted by molar-refractivity contribution is 0.0699. The van der Waals surface area contributed by atoms with Gasteiger partial charge in [-0.05, 0) is 50.5 Å². The molecule has 3 rings (SSSR count). The Kier molecular flexibility index (Phi) is 3.64. The van der Waals surface area contributed by atoms with Crippen LogP contribution in [-0.4, -0.2) is 16.1 Å². The lowest BCUT2D eigenvalue weighted by atomic mass is 9.97. The van der Waals surface area contributed by atoms with E-state index in [9.17, 15) is 9.90 Å². The molecule has 0 radical (unpaired) electrons. The molecule has 0 spiro atoms. The lowest BCUT2D eigenvalue weighted by Gasteiger charge is -2.12. The quantitative estimate of drug-likeness (QED) is 0.737. The van der Waals surface area contributed by atoms with E-state index in [1.165, 1.54) is 5.56 Å². The first-order valence-electron chi connectivity index (χ1n) is 7.60. The van der Waals surface area contributed by atoms with Crippen molar-refractivity contribution in [2.24, 2.45) is 0 Å². The van der Waals surface area contributed by atoms with Crippen molar-refractivity contribution in [2.75, 3.05) is 0 Å². The molecule has 3 heteroatoms. The molecule has 0 aliphatic rings. The highest BCUT2D eigenvalue weighted by atomic mass is 16.4. The van der Waals surface area contributed by atoms with Crippen molar-refractivity contribution in [3.05, 3.63) is 64.2 Å². The van der Waals surface area contributed by atoms with E-state index in [-0.39, 0.29) is 0 Å². The highest BCUT2D eigenvalue weighted by Gasteiger charge is 2.15. The summed E-state index contributed by atoms with van der Waals surface area (Å²) in [5.41, 5.74) is 7.15. The average Bonchev–Trinajstić information content (AvgIpc) is 2.50. The molecule has 1 heterocycles. The van der Waals surface area contributed by atoms with Crippen molar-refractivity contribution in [1.29, 1.82) is 0 Å². The third-order valence-corrected chi connectivity index (χ3v) is 4.39. The molecule has 0 aliphatic heterocycles. The van der Waals surface area contributed by atoms with Gasteiger partial charge in [0.15, 0.2) is 0 Å². The Morgan fingerprint density at radius 1 is 0.957 bits per heavy atom. The van der Waals surface area contributed by atoms with E-state index < -0.39 is 5.97 Å². The number of nitrogens with zero attached hydrogens (tertiary/aromatic N) is 1. The van der Waals surface area contributed by atoms with Gasteiger partial charge in [-0.1, -0.05) is 35.9 Å². The Hall–Kier alpha value is -2.68. The molecule has 3 nitrogen and oxygen atoms in total. The maximum absolute atomic E-state index is 11.7. The van der Waals surface area contributed by atoms with E-state index in [2.05, 4.69) is 6.07 Å². The summed E-state index contributed by atoms with van der Waals surface area (Å²) in [5.74, 6) is -0.924. The molecule has 0 atom stereocenters. The van der Waals surface area contributed by atoms with Crippen LogP contribution in [0.1, 0.15) is 32.6 Å². The second-order valence-corrected chi connectivity index (χ2v) is 6.08. The third-order valence-electron chi connectivity index (χ3n) is 4.39. The molecule has 23 heavy (non-hydrogen) atoms. The first-order valence-corrected chi connectivity index (χ1v) is 7.60. The Bertz CT molecular complexity index is 942. The second kappa shape index (κ2) is 5.51. The van der Waals surface area contributed by atoms with Gasteiger partial charge in [0.25, 0.3) is 0 Å². The number of hydrogen-bond acceptors (Lipinski definition) is 2. The van der Waals surface area contributed by atoms with E-state index in [1.54, 1.807) is 6.07 Å². The zero-order valence-electron chi connectivity index (χ0n) is 13.8. The van der Waals surface area contributed by atoms with Crippen molar-refractivity contribution in [3.8, 4) is 11.3 Å². The molecular weight excluding hydrogens is 286 g/mol. The monoisotopic (exact) mass is 305 g/mol. The van der Waals surface area contributed by atoms with Gasteiger partial charge >= 0.3 is 5.97 Å². The van der Waals surface area contributed by atoms with Gasteiger partial charge < -0.3 is 5.11 Å². The minimum absolute atomic E-state index is 0.299. The van der Waals surface area contributed by atoms with Crippen molar-refractivity contribution in [1.82, 2.24) is 4.98 Å². The summed E-state index contributed by atoms with van der Waals surface area (Å²) in [7, 11) is 0. The molecule has 0 unspecified atom stereocenters. The molecule has 1 N–H and O–H groups in total. The van der Waals surface area contributed by atoms with Crippen LogP contribution in [0, 0.1) is 27.7 Å². The van der Waals surface area contributed by atoms with E-state index in [0.717, 1.165) is 27.8 Å². The Balaban J connectivity index is 2.38. The second-order valence-electron chi connectivity index (χ2n) is 6.08. The number of pyridine rings is 1. The van der Waals surface area contributed by atoms with Gasteiger partial charge in [-0.3, -0.25) is 0 Å². The Labute approximate surface area is 135 Å². The number of aromatic nitrogens is 1. The largest absolute Gasteiger partial charge is 0.478 e. The van der Waals surface area contributed by atoms with Crippen molar-refractivity contribution < 1.29 is 9.90 Å². The molecular formula is C20H19NO2. The maximum atomic E-state index is 11.7. The molecule has 116 valence electrons. The van der Waals surface area contributed by atoms with Crippen LogP contribution in [0.25, 0.3) is 22.2 Å². The average molecular weight is 305 g/mol. The van der Waals surface area contributed by atoms with Crippen LogP contribution >= 0.6 is 0 Å². The molecule has 0 amide bonds. The summed E-state index contributed by atoms with van der Waals surface area (Å²) < 4.78 is 0. The van der Waals surface area contributed by atoms with Crippen LogP contribution in [0.5, 0.6) is 0 Å². The molecule has 3 aromatic rings. The first kappa shape index (κ1) is 15.2. The van der Waals surface area contributed by atoms with Crippen LogP contribution in [0.4, 0.5) is 0 Å². The van der Waals surface area contributed by atoms with E-state index >= 15 is 0 Å². The fourth-order valence-electron chi connectivity index (χ4n) is 2.95. The maximum Gasteiger partial charge on any atom is 0.336 e. The van der Waals surface area contributed by atoms with Crippen LogP contribution in [-0.2, 0) is 0 Å². The normalized spacial score (nSPS) is 11.0. The fraction of sp³-hybridized carbons (Fsp3) is 0.200. The molecule has 0 saturated heterocycles. The summed E-state index contributed by atoms with van der Waals surface area (Å²) in [6.07, 6.45) is 0. The number of carboxylic acid groups (broad SMARTS) is 1. The number of benzene rings is 2. The summed E-state index contributed by atoms with van der Waals surface area (Å²) in [5, 5.41) is 10.3. The SMILES string of the molecule is Cc1ccc(-c2cc(C(=O)O)c3ccc(C)c(C)c3n2)c(C)c1. The summed E-state index contributed by atoms with van der Waals surface area (Å²) >= 11 is 0. The smallest absolute Gasteiger partial charge is 0.336 e. The van der Waals surface area contributed by atoms with Gasteiger partial charge in [0.05, 0.1) is 16.8 Å². The molecule has 0 fully saturated rings. The van der Waals surface area contributed by atoms with Gasteiger partial charge in [0.1, 0.15) is 0 Å². The number of rotatable bonds is 2. The van der Waals surface area contributed by atoms with Crippen molar-refractivity contribution in [3.63, 3.8) is 0 Å². The number of carbonyl (C=O) groups is 1. The number of fused-ring (bicyclic) bond motifs is 1.